The van der Waals surface area contributed by atoms with Gasteiger partial charge in [0.15, 0.2) is 5.78 Å². The van der Waals surface area contributed by atoms with E-state index in [0.29, 0.717) is 49.7 Å². The van der Waals surface area contributed by atoms with Crippen molar-refractivity contribution in [3.63, 3.8) is 0 Å². The average Bonchev–Trinajstić information content (AvgIpc) is 3.76. The van der Waals surface area contributed by atoms with Gasteiger partial charge in [0.1, 0.15) is 23.2 Å². The van der Waals surface area contributed by atoms with Gasteiger partial charge in [-0.2, -0.15) is 10.2 Å². The maximum atomic E-state index is 15.8. The number of anilines is 1. The molecule has 0 spiro atoms. The molecule has 0 radical (unpaired) electrons. The van der Waals surface area contributed by atoms with Crippen LogP contribution in [0.2, 0.25) is 0 Å². The molecule has 2 fully saturated rings. The molecule has 48 heavy (non-hydrogen) atoms. The molecule has 1 aromatic carbocycles. The van der Waals surface area contributed by atoms with E-state index in [9.17, 15) is 19.2 Å². The van der Waals surface area contributed by atoms with Gasteiger partial charge >= 0.3 is 0 Å². The summed E-state index contributed by atoms with van der Waals surface area (Å²) in [7, 11) is 1.99. The van der Waals surface area contributed by atoms with Crippen molar-refractivity contribution in [2.24, 2.45) is 11.8 Å². The lowest BCUT2D eigenvalue weighted by atomic mass is 9.77. The molecular formula is C35H47FN8O4. The third-order valence-corrected chi connectivity index (χ3v) is 9.85. The number of Topliss-reactive ketones (excluding diaryl/α,β-unsaturated/α-hetero) is 1. The number of likely N-dealkylation sites (N-methyl/N-ethyl adjacent to an activating group) is 1. The van der Waals surface area contributed by atoms with E-state index in [1.807, 2.05) is 14.0 Å². The number of hydrogen-bond donors (Lipinski definition) is 3. The summed E-state index contributed by atoms with van der Waals surface area (Å²) in [6.07, 6.45) is 6.34. The molecule has 3 amide bonds. The minimum Gasteiger partial charge on any atom is -0.338 e. The Morgan fingerprint density at radius 3 is 2.42 bits per heavy atom. The van der Waals surface area contributed by atoms with Crippen LogP contribution in [0.3, 0.4) is 0 Å². The first kappa shape index (κ1) is 34.9. The van der Waals surface area contributed by atoms with Crippen LogP contribution < -0.4 is 10.6 Å². The van der Waals surface area contributed by atoms with Gasteiger partial charge in [-0.15, -0.1) is 0 Å². The fraction of sp³-hybridized carbons (Fsp3) is 0.543. The number of carbonyl (C=O) groups is 4. The van der Waals surface area contributed by atoms with Gasteiger partial charge in [0.05, 0.1) is 5.69 Å². The highest BCUT2D eigenvalue weighted by atomic mass is 19.1. The Labute approximate surface area is 280 Å². The van der Waals surface area contributed by atoms with Gasteiger partial charge in [-0.25, -0.2) is 4.39 Å². The minimum absolute atomic E-state index is 0.000728. The van der Waals surface area contributed by atoms with Crippen LogP contribution in [0.5, 0.6) is 0 Å². The number of amides is 3. The van der Waals surface area contributed by atoms with E-state index in [-0.39, 0.29) is 41.3 Å². The molecule has 3 heterocycles. The summed E-state index contributed by atoms with van der Waals surface area (Å²) in [6, 6.07) is 6.74. The lowest BCUT2D eigenvalue weighted by Gasteiger charge is -2.36. The first-order valence-electron chi connectivity index (χ1n) is 17.0. The Morgan fingerprint density at radius 2 is 1.77 bits per heavy atom. The van der Waals surface area contributed by atoms with E-state index in [4.69, 9.17) is 0 Å². The quantitative estimate of drug-likeness (QED) is 0.247. The third-order valence-electron chi connectivity index (χ3n) is 9.85. The zero-order chi connectivity index (χ0) is 34.4. The van der Waals surface area contributed by atoms with Crippen LogP contribution in [-0.2, 0) is 16.1 Å². The predicted octanol–water partition coefficient (Wildman–Crippen LogP) is 4.16. The van der Waals surface area contributed by atoms with Crippen molar-refractivity contribution in [2.45, 2.75) is 77.8 Å². The summed E-state index contributed by atoms with van der Waals surface area (Å²) in [5, 5.41) is 16.6. The van der Waals surface area contributed by atoms with Gasteiger partial charge in [-0.05, 0) is 69.5 Å². The highest BCUT2D eigenvalue weighted by Gasteiger charge is 2.35. The van der Waals surface area contributed by atoms with E-state index in [0.717, 1.165) is 32.1 Å². The molecule has 0 bridgehead atoms. The van der Waals surface area contributed by atoms with E-state index >= 15 is 4.39 Å². The molecule has 1 aliphatic carbocycles. The molecule has 0 unspecified atom stereocenters. The molecule has 258 valence electrons. The number of ketones is 1. The van der Waals surface area contributed by atoms with Gasteiger partial charge in [0.25, 0.3) is 5.91 Å². The molecule has 3 N–H and O–H groups in total. The smallest absolute Gasteiger partial charge is 0.272 e. The van der Waals surface area contributed by atoms with Crippen molar-refractivity contribution in [3.05, 3.63) is 65.0 Å². The van der Waals surface area contributed by atoms with Crippen molar-refractivity contribution in [1.82, 2.24) is 35.1 Å². The van der Waals surface area contributed by atoms with E-state index in [1.54, 1.807) is 47.8 Å². The lowest BCUT2D eigenvalue weighted by molar-refractivity contribution is -0.135. The van der Waals surface area contributed by atoms with Gasteiger partial charge in [0.2, 0.25) is 11.8 Å². The molecule has 13 heteroatoms. The van der Waals surface area contributed by atoms with Crippen LogP contribution >= 0.6 is 0 Å². The molecule has 1 saturated heterocycles. The first-order chi connectivity index (χ1) is 23.0. The van der Waals surface area contributed by atoms with E-state index in [2.05, 4.69) is 30.8 Å². The van der Waals surface area contributed by atoms with Gasteiger partial charge in [-0.3, -0.25) is 29.0 Å². The first-order valence-corrected chi connectivity index (χ1v) is 17.0. The van der Waals surface area contributed by atoms with Crippen molar-refractivity contribution in [1.29, 1.82) is 0 Å². The third kappa shape index (κ3) is 8.18. The lowest BCUT2D eigenvalue weighted by Crippen LogP contribution is -2.55. The topological polar surface area (TPSA) is 145 Å². The molecular weight excluding hydrogens is 615 g/mol. The number of aromatic nitrogens is 4. The van der Waals surface area contributed by atoms with Crippen molar-refractivity contribution >= 4 is 29.2 Å². The number of nitrogens with one attached hydrogen (secondary N) is 3. The van der Waals surface area contributed by atoms with Crippen LogP contribution in [0, 0.1) is 24.6 Å². The number of hydrogen-bond acceptors (Lipinski definition) is 7. The number of carbonyl (C=O) groups excluding carboxylic acids is 4. The predicted molar refractivity (Wildman–Crippen MR) is 179 cm³/mol. The van der Waals surface area contributed by atoms with Gasteiger partial charge in [0, 0.05) is 62.9 Å². The number of halogens is 1. The Morgan fingerprint density at radius 1 is 1.04 bits per heavy atom. The van der Waals surface area contributed by atoms with Gasteiger partial charge in [-0.1, -0.05) is 32.3 Å². The standard InChI is InChI=1S/C35H47FN8O4/c1-5-44-30(13-14-37-44)31(45)21-26(24-9-7-6-8-10-24)33(46)38-28-12-11-25(20-27(28)36)23(3)32(35(48)43-17-15-42(4)16-18-43)39-34(47)29-19-22(2)40-41-29/h11-14,19-20,23-24,26,32H,5-10,15-18,21H2,1-4H3,(H,38,46)(H,39,47)(H,40,41)/t23-,26-,32+/m0/s1. The summed E-state index contributed by atoms with van der Waals surface area (Å²) < 4.78 is 17.4. The molecule has 2 aromatic heterocycles. The Hall–Kier alpha value is -4.39. The second-order valence-corrected chi connectivity index (χ2v) is 13.2. The van der Waals surface area contributed by atoms with Crippen LogP contribution in [0.15, 0.2) is 36.5 Å². The normalized spacial score (nSPS) is 17.8. The number of H-pyrrole nitrogens is 1. The average molecular weight is 663 g/mol. The summed E-state index contributed by atoms with van der Waals surface area (Å²) in [5.41, 5.74) is 1.82. The van der Waals surface area contributed by atoms with Crippen molar-refractivity contribution in [2.75, 3.05) is 38.5 Å². The summed E-state index contributed by atoms with van der Waals surface area (Å²) >= 11 is 0. The number of nitrogens with zero attached hydrogens (tertiary/aromatic N) is 5. The van der Waals surface area contributed by atoms with Crippen LogP contribution in [-0.4, -0.2) is 92.6 Å². The maximum Gasteiger partial charge on any atom is 0.272 e. The second kappa shape index (κ2) is 15.7. The van der Waals surface area contributed by atoms with Crippen LogP contribution in [0.25, 0.3) is 0 Å². The summed E-state index contributed by atoms with van der Waals surface area (Å²) in [4.78, 5) is 57.9. The molecule has 1 saturated carbocycles. The largest absolute Gasteiger partial charge is 0.338 e. The van der Waals surface area contributed by atoms with Crippen molar-refractivity contribution in [3.8, 4) is 0 Å². The highest BCUT2D eigenvalue weighted by molar-refractivity contribution is 6.00. The summed E-state index contributed by atoms with van der Waals surface area (Å²) in [5.74, 6) is -3.16. The number of rotatable bonds is 12. The zero-order valence-corrected chi connectivity index (χ0v) is 28.3. The van der Waals surface area contributed by atoms with Crippen LogP contribution in [0.1, 0.15) is 90.5 Å². The fourth-order valence-electron chi connectivity index (χ4n) is 6.84. The number of aryl methyl sites for hydroxylation is 2. The van der Waals surface area contributed by atoms with Crippen molar-refractivity contribution < 1.29 is 23.6 Å². The van der Waals surface area contributed by atoms with Crippen LogP contribution in [0.4, 0.5) is 10.1 Å². The Bertz CT molecular complexity index is 1600. The molecule has 5 rings (SSSR count). The number of piperazine rings is 1. The Balaban J connectivity index is 1.34. The summed E-state index contributed by atoms with van der Waals surface area (Å²) in [6.45, 7) is 8.43. The monoisotopic (exact) mass is 662 g/mol. The van der Waals surface area contributed by atoms with E-state index < -0.39 is 29.6 Å². The molecule has 3 atom stereocenters. The number of benzene rings is 1. The Kier molecular flexibility index (Phi) is 11.4. The second-order valence-electron chi connectivity index (χ2n) is 13.2. The SMILES string of the molecule is CCn1nccc1C(=O)C[C@H](C(=O)Nc1ccc([C@H](C)[C@@H](NC(=O)c2cc(C)[nH]n2)C(=O)N2CCN(C)CC2)cc1F)C1CCCCC1. The molecule has 3 aromatic rings. The fourth-order valence-corrected chi connectivity index (χ4v) is 6.84. The van der Waals surface area contributed by atoms with Gasteiger partial charge < -0.3 is 20.4 Å². The minimum atomic E-state index is -0.976. The van der Waals surface area contributed by atoms with E-state index in [1.165, 1.54) is 12.1 Å². The molecule has 1 aliphatic heterocycles. The zero-order valence-electron chi connectivity index (χ0n) is 28.3. The molecule has 12 nitrogen and oxygen atoms in total. The maximum absolute atomic E-state index is 15.8. The molecule has 2 aliphatic rings. The number of aromatic amines is 1. The highest BCUT2D eigenvalue weighted by Crippen LogP contribution is 2.34.